The minimum Gasteiger partial charge on any atom is -0.494 e. The van der Waals surface area contributed by atoms with E-state index >= 15 is 0 Å². The highest BCUT2D eigenvalue weighted by atomic mass is 16.5. The summed E-state index contributed by atoms with van der Waals surface area (Å²) in [6, 6.07) is 7.61. The molecule has 8 nitrogen and oxygen atoms in total. The number of hydrogen-bond acceptors (Lipinski definition) is 6. The molecule has 0 fully saturated rings. The molecule has 1 N–H and O–H groups in total. The summed E-state index contributed by atoms with van der Waals surface area (Å²) in [7, 11) is 5.33. The summed E-state index contributed by atoms with van der Waals surface area (Å²) in [5.41, 5.74) is 2.80. The van der Waals surface area contributed by atoms with Crippen LogP contribution in [0.1, 0.15) is 21.6 Å². The van der Waals surface area contributed by atoms with Gasteiger partial charge in [0.05, 0.1) is 24.6 Å². The zero-order valence-corrected chi connectivity index (χ0v) is 15.8. The number of rotatable bonds is 6. The summed E-state index contributed by atoms with van der Waals surface area (Å²) >= 11 is 0. The lowest BCUT2D eigenvalue weighted by Crippen LogP contribution is -2.24. The van der Waals surface area contributed by atoms with Crippen molar-refractivity contribution in [1.29, 1.82) is 0 Å². The molecular weight excluding hydrogens is 344 g/mol. The van der Waals surface area contributed by atoms with Gasteiger partial charge >= 0.3 is 0 Å². The lowest BCUT2D eigenvalue weighted by molar-refractivity contribution is 0.0949. The zero-order valence-electron chi connectivity index (χ0n) is 15.8. The van der Waals surface area contributed by atoms with Gasteiger partial charge in [0, 0.05) is 38.6 Å². The number of nitrogens with zero attached hydrogens (tertiary/aromatic N) is 5. The van der Waals surface area contributed by atoms with Crippen LogP contribution in [0.5, 0.6) is 5.75 Å². The SMILES string of the molecule is COc1ccccc1-n1cc(CNC(=O)c2cnc(N(C)C)nc2C)cn1. The smallest absolute Gasteiger partial charge is 0.254 e. The molecule has 0 unspecified atom stereocenters. The van der Waals surface area contributed by atoms with Crippen LogP contribution >= 0.6 is 0 Å². The lowest BCUT2D eigenvalue weighted by atomic mass is 10.2. The third-order valence-electron chi connectivity index (χ3n) is 4.03. The van der Waals surface area contributed by atoms with Crippen molar-refractivity contribution in [3.05, 3.63) is 59.7 Å². The number of anilines is 1. The Hall–Kier alpha value is -3.42. The van der Waals surface area contributed by atoms with Crippen LogP contribution in [0, 0.1) is 6.92 Å². The Kier molecular flexibility index (Phi) is 5.35. The van der Waals surface area contributed by atoms with Crippen molar-refractivity contribution in [2.45, 2.75) is 13.5 Å². The van der Waals surface area contributed by atoms with Crippen LogP contribution in [0.15, 0.2) is 42.9 Å². The summed E-state index contributed by atoms with van der Waals surface area (Å²) in [6.07, 6.45) is 5.12. The first-order valence-corrected chi connectivity index (χ1v) is 8.45. The Morgan fingerprint density at radius 1 is 1.26 bits per heavy atom. The van der Waals surface area contributed by atoms with E-state index in [1.54, 1.807) is 36.0 Å². The molecule has 0 aliphatic rings. The minimum atomic E-state index is -0.220. The van der Waals surface area contributed by atoms with E-state index in [4.69, 9.17) is 4.74 Å². The fourth-order valence-corrected chi connectivity index (χ4v) is 2.57. The number of amides is 1. The fourth-order valence-electron chi connectivity index (χ4n) is 2.57. The predicted molar refractivity (Wildman–Crippen MR) is 102 cm³/mol. The molecule has 0 spiro atoms. The van der Waals surface area contributed by atoms with Crippen LogP contribution in [0.25, 0.3) is 5.69 Å². The first kappa shape index (κ1) is 18.4. The van der Waals surface area contributed by atoms with Gasteiger partial charge in [-0.15, -0.1) is 0 Å². The molecule has 1 amide bonds. The minimum absolute atomic E-state index is 0.220. The van der Waals surface area contributed by atoms with Gasteiger partial charge in [0.1, 0.15) is 11.4 Å². The highest BCUT2D eigenvalue weighted by Crippen LogP contribution is 2.21. The summed E-state index contributed by atoms with van der Waals surface area (Å²) in [4.78, 5) is 22.8. The zero-order chi connectivity index (χ0) is 19.4. The Labute approximate surface area is 157 Å². The molecule has 0 saturated carbocycles. The number of hydrogen-bond donors (Lipinski definition) is 1. The second kappa shape index (κ2) is 7.86. The topological polar surface area (TPSA) is 85.2 Å². The summed E-state index contributed by atoms with van der Waals surface area (Å²) in [5.74, 6) is 1.08. The van der Waals surface area contributed by atoms with Crippen molar-refractivity contribution in [1.82, 2.24) is 25.1 Å². The van der Waals surface area contributed by atoms with E-state index in [0.29, 0.717) is 23.8 Å². The van der Waals surface area contributed by atoms with Crippen molar-refractivity contribution in [3.8, 4) is 11.4 Å². The van der Waals surface area contributed by atoms with Crippen molar-refractivity contribution in [3.63, 3.8) is 0 Å². The molecule has 3 rings (SSSR count). The van der Waals surface area contributed by atoms with Gasteiger partial charge in [-0.2, -0.15) is 5.10 Å². The van der Waals surface area contributed by atoms with E-state index in [0.717, 1.165) is 17.0 Å². The Balaban J connectivity index is 1.69. The second-order valence-electron chi connectivity index (χ2n) is 6.21. The highest BCUT2D eigenvalue weighted by molar-refractivity contribution is 5.94. The standard InChI is InChI=1S/C19H22N6O2/c1-13-15(11-21-19(23-13)24(2)3)18(26)20-9-14-10-22-25(12-14)16-7-5-6-8-17(16)27-4/h5-8,10-12H,9H2,1-4H3,(H,20,26). The summed E-state index contributed by atoms with van der Waals surface area (Å²) in [6.45, 7) is 2.14. The summed E-state index contributed by atoms with van der Waals surface area (Å²) < 4.78 is 7.08. The number of carbonyl (C=O) groups excluding carboxylic acids is 1. The molecule has 3 aromatic rings. The van der Waals surface area contributed by atoms with Crippen molar-refractivity contribution in [2.24, 2.45) is 0 Å². The molecule has 27 heavy (non-hydrogen) atoms. The Morgan fingerprint density at radius 2 is 2.04 bits per heavy atom. The van der Waals surface area contributed by atoms with Gasteiger partial charge < -0.3 is 15.0 Å². The van der Waals surface area contributed by atoms with E-state index in [1.807, 2.05) is 44.6 Å². The van der Waals surface area contributed by atoms with E-state index in [-0.39, 0.29) is 5.91 Å². The number of ether oxygens (including phenoxy) is 1. The summed E-state index contributed by atoms with van der Waals surface area (Å²) in [5, 5.41) is 7.23. The largest absolute Gasteiger partial charge is 0.494 e. The van der Waals surface area contributed by atoms with Crippen molar-refractivity contribution in [2.75, 3.05) is 26.1 Å². The first-order chi connectivity index (χ1) is 13.0. The Morgan fingerprint density at radius 3 is 2.74 bits per heavy atom. The maximum absolute atomic E-state index is 12.4. The maximum atomic E-state index is 12.4. The van der Waals surface area contributed by atoms with Gasteiger partial charge in [-0.3, -0.25) is 4.79 Å². The monoisotopic (exact) mass is 366 g/mol. The lowest BCUT2D eigenvalue weighted by Gasteiger charge is -2.12. The predicted octanol–water partition coefficient (Wildman–Crippen LogP) is 1.98. The molecule has 0 bridgehead atoms. The second-order valence-corrected chi connectivity index (χ2v) is 6.21. The molecule has 0 aliphatic heterocycles. The first-order valence-electron chi connectivity index (χ1n) is 8.45. The molecule has 140 valence electrons. The van der Waals surface area contributed by atoms with Gasteiger partial charge in [-0.05, 0) is 19.1 Å². The normalized spacial score (nSPS) is 10.5. The van der Waals surface area contributed by atoms with Crippen LogP contribution in [-0.4, -0.2) is 46.9 Å². The van der Waals surface area contributed by atoms with E-state index in [2.05, 4.69) is 20.4 Å². The van der Waals surface area contributed by atoms with E-state index < -0.39 is 0 Å². The number of aryl methyl sites for hydroxylation is 1. The average Bonchev–Trinajstić information content (AvgIpc) is 3.14. The molecule has 1 aromatic carbocycles. The molecule has 0 atom stereocenters. The molecule has 2 heterocycles. The molecule has 8 heteroatoms. The third kappa shape index (κ3) is 4.05. The number of carbonyl (C=O) groups is 1. The van der Waals surface area contributed by atoms with Crippen molar-refractivity contribution >= 4 is 11.9 Å². The van der Waals surface area contributed by atoms with E-state index in [1.165, 1.54) is 0 Å². The van der Waals surface area contributed by atoms with Gasteiger partial charge in [-0.1, -0.05) is 12.1 Å². The number of para-hydroxylation sites is 2. The molecule has 0 saturated heterocycles. The van der Waals surface area contributed by atoms with Gasteiger partial charge in [0.15, 0.2) is 0 Å². The number of benzene rings is 1. The maximum Gasteiger partial charge on any atom is 0.254 e. The highest BCUT2D eigenvalue weighted by Gasteiger charge is 2.13. The number of methoxy groups -OCH3 is 1. The quantitative estimate of drug-likeness (QED) is 0.718. The fraction of sp³-hybridized carbons (Fsp3) is 0.263. The number of aromatic nitrogens is 4. The van der Waals surface area contributed by atoms with Crippen LogP contribution in [0.4, 0.5) is 5.95 Å². The van der Waals surface area contributed by atoms with Crippen LogP contribution in [0.3, 0.4) is 0 Å². The number of nitrogens with one attached hydrogen (secondary N) is 1. The van der Waals surface area contributed by atoms with Crippen LogP contribution < -0.4 is 15.0 Å². The van der Waals surface area contributed by atoms with Crippen LogP contribution in [-0.2, 0) is 6.54 Å². The van der Waals surface area contributed by atoms with Crippen LogP contribution in [0.2, 0.25) is 0 Å². The molecule has 0 radical (unpaired) electrons. The van der Waals surface area contributed by atoms with E-state index in [9.17, 15) is 4.79 Å². The van der Waals surface area contributed by atoms with Gasteiger partial charge in [0.25, 0.3) is 5.91 Å². The molecule has 2 aromatic heterocycles. The van der Waals surface area contributed by atoms with Crippen molar-refractivity contribution < 1.29 is 9.53 Å². The average molecular weight is 366 g/mol. The Bertz CT molecular complexity index is 951. The molecule has 0 aliphatic carbocycles. The third-order valence-corrected chi connectivity index (χ3v) is 4.03. The molecular formula is C19H22N6O2. The van der Waals surface area contributed by atoms with Gasteiger partial charge in [-0.25, -0.2) is 14.6 Å². The van der Waals surface area contributed by atoms with Gasteiger partial charge in [0.2, 0.25) is 5.95 Å².